The second kappa shape index (κ2) is 8.25. The van der Waals surface area contributed by atoms with Gasteiger partial charge in [0, 0.05) is 18.7 Å². The van der Waals surface area contributed by atoms with Crippen molar-refractivity contribution in [1.82, 2.24) is 10.2 Å². The molecule has 1 aromatic rings. The van der Waals surface area contributed by atoms with Crippen LogP contribution >= 0.6 is 0 Å². The molecular weight excluding hydrogens is 264 g/mol. The molecule has 1 fully saturated rings. The molecule has 1 aliphatic heterocycles. The lowest BCUT2D eigenvalue weighted by molar-refractivity contribution is 0.197. The van der Waals surface area contributed by atoms with Gasteiger partial charge in [0.25, 0.3) is 0 Å². The molecule has 0 spiro atoms. The number of ether oxygens (including phenoxy) is 1. The van der Waals surface area contributed by atoms with Crippen molar-refractivity contribution in [2.45, 2.75) is 32.7 Å². The molecule has 0 amide bonds. The molecule has 0 bridgehead atoms. The number of phenols is 1. The molecule has 0 unspecified atom stereocenters. The van der Waals surface area contributed by atoms with Gasteiger partial charge >= 0.3 is 0 Å². The number of piperidine rings is 1. The molecule has 0 atom stereocenters. The largest absolute Gasteiger partial charge is 0.508 e. The molecule has 1 saturated heterocycles. The van der Waals surface area contributed by atoms with Crippen LogP contribution in [0.4, 0.5) is 0 Å². The van der Waals surface area contributed by atoms with Crippen molar-refractivity contribution >= 4 is 0 Å². The van der Waals surface area contributed by atoms with E-state index >= 15 is 0 Å². The zero-order chi connectivity index (χ0) is 15.1. The summed E-state index contributed by atoms with van der Waals surface area (Å²) in [5.74, 6) is 1.94. The van der Waals surface area contributed by atoms with Crippen molar-refractivity contribution in [1.29, 1.82) is 0 Å². The van der Waals surface area contributed by atoms with Crippen LogP contribution in [-0.2, 0) is 6.54 Å². The Morgan fingerprint density at radius 1 is 1.33 bits per heavy atom. The third-order valence-corrected chi connectivity index (χ3v) is 4.20. The van der Waals surface area contributed by atoms with E-state index in [9.17, 15) is 5.11 Å². The molecule has 4 nitrogen and oxygen atoms in total. The lowest BCUT2D eigenvalue weighted by Crippen LogP contribution is -2.36. The molecule has 1 aromatic carbocycles. The summed E-state index contributed by atoms with van der Waals surface area (Å²) < 4.78 is 5.26. The number of hydrogen-bond acceptors (Lipinski definition) is 4. The van der Waals surface area contributed by atoms with Gasteiger partial charge in [-0.15, -0.1) is 0 Å². The zero-order valence-electron chi connectivity index (χ0n) is 13.3. The monoisotopic (exact) mass is 292 g/mol. The van der Waals surface area contributed by atoms with E-state index in [1.54, 1.807) is 19.2 Å². The van der Waals surface area contributed by atoms with E-state index in [4.69, 9.17) is 4.74 Å². The first-order valence-electron chi connectivity index (χ1n) is 8.02. The van der Waals surface area contributed by atoms with Crippen LogP contribution in [-0.4, -0.2) is 43.3 Å². The van der Waals surface area contributed by atoms with Gasteiger partial charge in [-0.2, -0.15) is 0 Å². The minimum Gasteiger partial charge on any atom is -0.508 e. The predicted octanol–water partition coefficient (Wildman–Crippen LogP) is 2.61. The van der Waals surface area contributed by atoms with Gasteiger partial charge in [0.1, 0.15) is 11.5 Å². The van der Waals surface area contributed by atoms with Crippen molar-refractivity contribution < 1.29 is 9.84 Å². The summed E-state index contributed by atoms with van der Waals surface area (Å²) in [6.07, 6.45) is 3.64. The fourth-order valence-corrected chi connectivity index (χ4v) is 3.04. The standard InChI is InChI=1S/C17H28N2O2/c1-3-10-19(12-14-6-8-18-9-7-14)13-15-11-16(21-2)4-5-17(15)20/h4-5,11,14,18,20H,3,6-10,12-13H2,1-2H3. The first-order valence-corrected chi connectivity index (χ1v) is 8.02. The normalized spacial score (nSPS) is 16.3. The van der Waals surface area contributed by atoms with Gasteiger partial charge in [-0.1, -0.05) is 6.92 Å². The van der Waals surface area contributed by atoms with E-state index in [0.29, 0.717) is 5.75 Å². The van der Waals surface area contributed by atoms with Crippen LogP contribution in [0, 0.1) is 5.92 Å². The van der Waals surface area contributed by atoms with Crippen LogP contribution < -0.4 is 10.1 Å². The number of nitrogens with one attached hydrogen (secondary N) is 1. The highest BCUT2D eigenvalue weighted by molar-refractivity contribution is 5.39. The van der Waals surface area contributed by atoms with Crippen LogP contribution in [0.25, 0.3) is 0 Å². The Morgan fingerprint density at radius 2 is 2.10 bits per heavy atom. The van der Waals surface area contributed by atoms with Crippen LogP contribution in [0.5, 0.6) is 11.5 Å². The summed E-state index contributed by atoms with van der Waals surface area (Å²) >= 11 is 0. The molecule has 118 valence electrons. The van der Waals surface area contributed by atoms with Crippen LogP contribution in [0.3, 0.4) is 0 Å². The molecule has 0 saturated carbocycles. The fraction of sp³-hybridized carbons (Fsp3) is 0.647. The third-order valence-electron chi connectivity index (χ3n) is 4.20. The van der Waals surface area contributed by atoms with Crippen molar-refractivity contribution in [3.8, 4) is 11.5 Å². The second-order valence-electron chi connectivity index (χ2n) is 5.92. The molecule has 2 rings (SSSR count). The van der Waals surface area contributed by atoms with Crippen LogP contribution in [0.2, 0.25) is 0 Å². The maximum Gasteiger partial charge on any atom is 0.120 e. The maximum absolute atomic E-state index is 10.1. The van der Waals surface area contributed by atoms with Gasteiger partial charge < -0.3 is 15.2 Å². The van der Waals surface area contributed by atoms with Gasteiger partial charge in [-0.05, 0) is 63.0 Å². The van der Waals surface area contributed by atoms with Gasteiger partial charge in [-0.25, -0.2) is 0 Å². The fourth-order valence-electron chi connectivity index (χ4n) is 3.04. The maximum atomic E-state index is 10.1. The minimum atomic E-state index is 0.363. The van der Waals surface area contributed by atoms with E-state index in [2.05, 4.69) is 17.1 Å². The Labute approximate surface area is 128 Å². The Balaban J connectivity index is 2.00. The van der Waals surface area contributed by atoms with E-state index in [1.165, 1.54) is 12.8 Å². The number of rotatable bonds is 7. The van der Waals surface area contributed by atoms with Crippen LogP contribution in [0.15, 0.2) is 18.2 Å². The molecule has 2 N–H and O–H groups in total. The highest BCUT2D eigenvalue weighted by atomic mass is 16.5. The van der Waals surface area contributed by atoms with Gasteiger partial charge in [-0.3, -0.25) is 4.90 Å². The van der Waals surface area contributed by atoms with Crippen LogP contribution in [0.1, 0.15) is 31.7 Å². The zero-order valence-corrected chi connectivity index (χ0v) is 13.3. The summed E-state index contributed by atoms with van der Waals surface area (Å²) in [5, 5.41) is 13.5. The topological polar surface area (TPSA) is 44.7 Å². The molecule has 4 heteroatoms. The molecule has 1 aliphatic rings. The van der Waals surface area contributed by atoms with E-state index < -0.39 is 0 Å². The van der Waals surface area contributed by atoms with Crippen molar-refractivity contribution in [2.75, 3.05) is 33.3 Å². The van der Waals surface area contributed by atoms with Crippen molar-refractivity contribution in [2.24, 2.45) is 5.92 Å². The number of nitrogens with zero attached hydrogens (tertiary/aromatic N) is 1. The summed E-state index contributed by atoms with van der Waals surface area (Å²) in [5.41, 5.74) is 0.955. The first kappa shape index (κ1) is 16.1. The third kappa shape index (κ3) is 4.90. The molecule has 0 aromatic heterocycles. The van der Waals surface area contributed by atoms with Crippen molar-refractivity contribution in [3.05, 3.63) is 23.8 Å². The smallest absolute Gasteiger partial charge is 0.120 e. The van der Waals surface area contributed by atoms with Crippen molar-refractivity contribution in [3.63, 3.8) is 0 Å². The quantitative estimate of drug-likeness (QED) is 0.811. The summed E-state index contributed by atoms with van der Waals surface area (Å²) in [7, 11) is 1.66. The minimum absolute atomic E-state index is 0.363. The summed E-state index contributed by atoms with van der Waals surface area (Å²) in [6, 6.07) is 5.47. The van der Waals surface area contributed by atoms with Gasteiger partial charge in [0.2, 0.25) is 0 Å². The predicted molar refractivity (Wildman–Crippen MR) is 85.8 cm³/mol. The number of benzene rings is 1. The first-order chi connectivity index (χ1) is 10.2. The highest BCUT2D eigenvalue weighted by Crippen LogP contribution is 2.25. The molecule has 21 heavy (non-hydrogen) atoms. The Hall–Kier alpha value is -1.26. The van der Waals surface area contributed by atoms with Gasteiger partial charge in [0.15, 0.2) is 0 Å². The summed E-state index contributed by atoms with van der Waals surface area (Å²) in [4.78, 5) is 2.46. The SMILES string of the molecule is CCCN(Cc1cc(OC)ccc1O)CC1CCNCC1. The number of phenolic OH excluding ortho intramolecular Hbond substituents is 1. The number of aromatic hydroxyl groups is 1. The lowest BCUT2D eigenvalue weighted by atomic mass is 9.97. The molecule has 0 radical (unpaired) electrons. The van der Waals surface area contributed by atoms with E-state index in [0.717, 1.165) is 56.4 Å². The average molecular weight is 292 g/mol. The highest BCUT2D eigenvalue weighted by Gasteiger charge is 2.18. The Morgan fingerprint density at radius 3 is 2.76 bits per heavy atom. The average Bonchev–Trinajstić information content (AvgIpc) is 2.51. The second-order valence-corrected chi connectivity index (χ2v) is 5.92. The summed E-state index contributed by atoms with van der Waals surface area (Å²) in [6.45, 7) is 7.46. The Bertz CT molecular complexity index is 431. The molecule has 0 aliphatic carbocycles. The number of methoxy groups -OCH3 is 1. The van der Waals surface area contributed by atoms with E-state index in [1.807, 2.05) is 6.07 Å². The molecular formula is C17H28N2O2. The molecule has 1 heterocycles. The Kier molecular flexibility index (Phi) is 6.33. The van der Waals surface area contributed by atoms with Gasteiger partial charge in [0.05, 0.1) is 7.11 Å². The van der Waals surface area contributed by atoms with E-state index in [-0.39, 0.29) is 0 Å². The lowest BCUT2D eigenvalue weighted by Gasteiger charge is -2.30. The number of hydrogen-bond donors (Lipinski definition) is 2.